The molecular formula is C2H3ClN2O2S. The van der Waals surface area contributed by atoms with Gasteiger partial charge in [0.05, 0.1) is 0 Å². The number of halogens is 1. The van der Waals surface area contributed by atoms with Gasteiger partial charge in [-0.15, -0.1) is 11.6 Å². The molecule has 0 spiro atoms. The number of nitrogens with one attached hydrogen (secondary N) is 1. The topological polar surface area (TPSA) is 70.0 Å². The lowest BCUT2D eigenvalue weighted by atomic mass is 11.5. The Kier molecular flexibility index (Phi) is 2.58. The minimum atomic E-state index is -3.52. The number of hydrogen-bond donors (Lipinski definition) is 1. The van der Waals surface area contributed by atoms with Crippen molar-refractivity contribution in [3.63, 3.8) is 0 Å². The van der Waals surface area contributed by atoms with E-state index in [0.717, 1.165) is 0 Å². The smallest absolute Gasteiger partial charge is 0.218 e. The second-order valence-electron chi connectivity index (χ2n) is 0.938. The van der Waals surface area contributed by atoms with Gasteiger partial charge in [-0.25, -0.2) is 13.1 Å². The summed E-state index contributed by atoms with van der Waals surface area (Å²) in [5.74, 6) is 0. The minimum absolute atomic E-state index is 0.583. The molecule has 0 saturated carbocycles. The predicted molar refractivity (Wildman–Crippen MR) is 28.4 cm³/mol. The van der Waals surface area contributed by atoms with Crippen molar-refractivity contribution < 1.29 is 8.42 Å². The molecule has 46 valence electrons. The van der Waals surface area contributed by atoms with E-state index in [1.54, 1.807) is 0 Å². The summed E-state index contributed by atoms with van der Waals surface area (Å²) in [4.78, 5) is 0. The second kappa shape index (κ2) is 2.74. The SMILES string of the molecule is N#CNS(=O)(=O)CCl. The summed E-state index contributed by atoms with van der Waals surface area (Å²) in [6, 6.07) is 0. The molecule has 0 unspecified atom stereocenters. The first-order chi connectivity index (χ1) is 3.62. The monoisotopic (exact) mass is 154 g/mol. The molecule has 1 N–H and O–H groups in total. The summed E-state index contributed by atoms with van der Waals surface area (Å²) >= 11 is 4.87. The van der Waals surface area contributed by atoms with E-state index in [2.05, 4.69) is 0 Å². The van der Waals surface area contributed by atoms with Crippen LogP contribution in [0, 0.1) is 11.5 Å². The van der Waals surface area contributed by atoms with E-state index >= 15 is 0 Å². The van der Waals surface area contributed by atoms with Crippen LogP contribution < -0.4 is 4.72 Å². The molecule has 0 aromatic carbocycles. The van der Waals surface area contributed by atoms with Gasteiger partial charge in [0.15, 0.2) is 6.19 Å². The molecule has 0 radical (unpaired) electrons. The summed E-state index contributed by atoms with van der Waals surface area (Å²) < 4.78 is 21.8. The van der Waals surface area contributed by atoms with Gasteiger partial charge in [-0.05, 0) is 0 Å². The van der Waals surface area contributed by atoms with Crippen LogP contribution in [-0.4, -0.2) is 13.6 Å². The molecule has 4 nitrogen and oxygen atoms in total. The molecular weight excluding hydrogens is 152 g/mol. The lowest BCUT2D eigenvalue weighted by molar-refractivity contribution is 0.596. The zero-order chi connectivity index (χ0) is 6.62. The second-order valence-corrected chi connectivity index (χ2v) is 3.24. The van der Waals surface area contributed by atoms with Crippen molar-refractivity contribution in [3.8, 4) is 6.19 Å². The van der Waals surface area contributed by atoms with Gasteiger partial charge >= 0.3 is 0 Å². The highest BCUT2D eigenvalue weighted by molar-refractivity contribution is 7.90. The van der Waals surface area contributed by atoms with Crippen LogP contribution in [0.4, 0.5) is 0 Å². The van der Waals surface area contributed by atoms with Crippen molar-refractivity contribution in [1.29, 1.82) is 5.26 Å². The highest BCUT2D eigenvalue weighted by Gasteiger charge is 2.02. The van der Waals surface area contributed by atoms with Crippen molar-refractivity contribution in [2.75, 3.05) is 5.21 Å². The van der Waals surface area contributed by atoms with Gasteiger partial charge in [-0.2, -0.15) is 5.26 Å². The number of alkyl halides is 1. The average Bonchev–Trinajstić information content (AvgIpc) is 1.67. The van der Waals surface area contributed by atoms with Gasteiger partial charge < -0.3 is 0 Å². The van der Waals surface area contributed by atoms with E-state index in [4.69, 9.17) is 16.9 Å². The molecule has 0 aliphatic heterocycles. The van der Waals surface area contributed by atoms with E-state index in [1.165, 1.54) is 10.9 Å². The van der Waals surface area contributed by atoms with Crippen molar-refractivity contribution in [2.45, 2.75) is 0 Å². The molecule has 0 aromatic heterocycles. The lowest BCUT2D eigenvalue weighted by Crippen LogP contribution is -2.18. The van der Waals surface area contributed by atoms with Crippen molar-refractivity contribution >= 4 is 21.6 Å². The minimum Gasteiger partial charge on any atom is -0.218 e. The van der Waals surface area contributed by atoms with Crippen LogP contribution in [-0.2, 0) is 10.0 Å². The molecule has 0 fully saturated rings. The fourth-order valence-corrected chi connectivity index (χ4v) is 0.454. The molecule has 0 amide bonds. The van der Waals surface area contributed by atoms with Gasteiger partial charge in [0.25, 0.3) is 10.0 Å². The van der Waals surface area contributed by atoms with Crippen LogP contribution in [0.15, 0.2) is 0 Å². The number of sulfonamides is 1. The lowest BCUT2D eigenvalue weighted by Gasteiger charge is -1.89. The highest BCUT2D eigenvalue weighted by atomic mass is 35.5. The fraction of sp³-hybridized carbons (Fsp3) is 0.500. The predicted octanol–water partition coefficient (Wildman–Crippen LogP) is -0.417. The zero-order valence-corrected chi connectivity index (χ0v) is 5.33. The van der Waals surface area contributed by atoms with Gasteiger partial charge in [0, 0.05) is 0 Å². The Morgan fingerprint density at radius 2 is 2.25 bits per heavy atom. The molecule has 0 aliphatic rings. The zero-order valence-electron chi connectivity index (χ0n) is 3.76. The summed E-state index contributed by atoms with van der Waals surface area (Å²) in [5, 5.41) is 7.15. The first-order valence-electron chi connectivity index (χ1n) is 1.57. The highest BCUT2D eigenvalue weighted by Crippen LogP contribution is 1.84. The van der Waals surface area contributed by atoms with Crippen LogP contribution in [0.25, 0.3) is 0 Å². The van der Waals surface area contributed by atoms with E-state index < -0.39 is 15.2 Å². The Hall–Kier alpha value is -0.470. The molecule has 0 aromatic rings. The molecule has 0 rings (SSSR count). The van der Waals surface area contributed by atoms with Gasteiger partial charge in [0.1, 0.15) is 5.21 Å². The largest absolute Gasteiger partial charge is 0.254 e. The van der Waals surface area contributed by atoms with Crippen molar-refractivity contribution in [2.24, 2.45) is 0 Å². The van der Waals surface area contributed by atoms with E-state index in [1.807, 2.05) is 0 Å². The van der Waals surface area contributed by atoms with Crippen LogP contribution in [0.1, 0.15) is 0 Å². The summed E-state index contributed by atoms with van der Waals surface area (Å²) in [7, 11) is -3.52. The number of nitriles is 1. The third kappa shape index (κ3) is 2.66. The van der Waals surface area contributed by atoms with Gasteiger partial charge in [0.2, 0.25) is 0 Å². The average molecular weight is 155 g/mol. The molecule has 6 heteroatoms. The first kappa shape index (κ1) is 7.53. The maximum absolute atomic E-state index is 10.1. The van der Waals surface area contributed by atoms with Crippen LogP contribution in [0.5, 0.6) is 0 Å². The maximum Gasteiger partial charge on any atom is 0.254 e. The first-order valence-corrected chi connectivity index (χ1v) is 3.75. The molecule has 0 bridgehead atoms. The third-order valence-electron chi connectivity index (χ3n) is 0.345. The molecule has 0 aliphatic carbocycles. The van der Waals surface area contributed by atoms with Gasteiger partial charge in [-0.1, -0.05) is 0 Å². The van der Waals surface area contributed by atoms with Crippen molar-refractivity contribution in [1.82, 2.24) is 4.72 Å². The van der Waals surface area contributed by atoms with Gasteiger partial charge in [-0.3, -0.25) is 0 Å². The standard InChI is InChI=1S/C2H3ClN2O2S/c3-1-8(6,7)5-2-4/h5H,1H2. The van der Waals surface area contributed by atoms with Crippen LogP contribution in [0.2, 0.25) is 0 Å². The Bertz CT molecular complexity index is 191. The normalized spacial score (nSPS) is 10.0. The Labute approximate surface area is 52.1 Å². The Morgan fingerprint density at radius 1 is 1.75 bits per heavy atom. The molecule has 0 heterocycles. The summed E-state index contributed by atoms with van der Waals surface area (Å²) in [6.45, 7) is 0. The van der Waals surface area contributed by atoms with E-state index in [-0.39, 0.29) is 0 Å². The fourth-order valence-electron chi connectivity index (χ4n) is 0.0968. The third-order valence-corrected chi connectivity index (χ3v) is 1.90. The maximum atomic E-state index is 10.1. The van der Waals surface area contributed by atoms with E-state index in [0.29, 0.717) is 0 Å². The van der Waals surface area contributed by atoms with E-state index in [9.17, 15) is 8.42 Å². The quantitative estimate of drug-likeness (QED) is 0.334. The van der Waals surface area contributed by atoms with Crippen molar-refractivity contribution in [3.05, 3.63) is 0 Å². The summed E-state index contributed by atoms with van der Waals surface area (Å²) in [5.41, 5.74) is 0. The Morgan fingerprint density at radius 3 is 2.38 bits per heavy atom. The summed E-state index contributed by atoms with van der Waals surface area (Å²) in [6.07, 6.45) is 1.24. The molecule has 0 atom stereocenters. The van der Waals surface area contributed by atoms with Crippen LogP contribution >= 0.6 is 11.6 Å². The molecule has 0 saturated heterocycles. The Balaban J connectivity index is 4.01. The number of hydrogen-bond acceptors (Lipinski definition) is 3. The molecule has 8 heavy (non-hydrogen) atoms. The number of nitrogens with zero attached hydrogens (tertiary/aromatic N) is 1. The number of rotatable bonds is 2. The van der Waals surface area contributed by atoms with Crippen LogP contribution in [0.3, 0.4) is 0 Å².